The molecule has 1 aromatic carbocycles. The fourth-order valence-corrected chi connectivity index (χ4v) is 3.73. The van der Waals surface area contributed by atoms with Crippen molar-refractivity contribution >= 4 is 33.2 Å². The van der Waals surface area contributed by atoms with Crippen molar-refractivity contribution in [1.82, 2.24) is 10.3 Å². The first kappa shape index (κ1) is 14.7. The maximum absolute atomic E-state index is 12.7. The summed E-state index contributed by atoms with van der Waals surface area (Å²) < 4.78 is 1.04. The molecule has 0 atom stereocenters. The summed E-state index contributed by atoms with van der Waals surface area (Å²) in [6.45, 7) is 2.49. The predicted octanol–water partition coefficient (Wildman–Crippen LogP) is 3.95. The van der Waals surface area contributed by atoms with Crippen LogP contribution < -0.4 is 5.32 Å². The smallest absolute Gasteiger partial charge is 0.231 e. The van der Waals surface area contributed by atoms with E-state index in [2.05, 4.69) is 38.4 Å². The van der Waals surface area contributed by atoms with E-state index in [1.807, 2.05) is 24.4 Å². The molecule has 1 aliphatic carbocycles. The van der Waals surface area contributed by atoms with Crippen LogP contribution in [0.2, 0.25) is 0 Å². The Labute approximate surface area is 136 Å². The summed E-state index contributed by atoms with van der Waals surface area (Å²) in [6, 6.07) is 8.12. The molecular formula is C16H17BrN2OS. The Morgan fingerprint density at radius 1 is 1.38 bits per heavy atom. The summed E-state index contributed by atoms with van der Waals surface area (Å²) in [4.78, 5) is 17.1. The van der Waals surface area contributed by atoms with Crippen LogP contribution in [-0.2, 0) is 16.8 Å². The van der Waals surface area contributed by atoms with Gasteiger partial charge < -0.3 is 5.32 Å². The predicted molar refractivity (Wildman–Crippen MR) is 88.4 cm³/mol. The lowest BCUT2D eigenvalue weighted by Crippen LogP contribution is -2.48. The monoisotopic (exact) mass is 364 g/mol. The number of hydrogen-bond donors (Lipinski definition) is 1. The number of rotatable bonds is 4. The van der Waals surface area contributed by atoms with Gasteiger partial charge in [-0.05, 0) is 37.5 Å². The van der Waals surface area contributed by atoms with E-state index in [1.54, 1.807) is 11.3 Å². The van der Waals surface area contributed by atoms with E-state index < -0.39 is 0 Å². The molecule has 0 radical (unpaired) electrons. The molecule has 0 unspecified atom stereocenters. The minimum atomic E-state index is -0.340. The molecule has 2 aromatic rings. The summed E-state index contributed by atoms with van der Waals surface area (Å²) in [5, 5.41) is 6.04. The van der Waals surface area contributed by atoms with Crippen LogP contribution in [0.5, 0.6) is 0 Å². The Bertz CT molecular complexity index is 647. The van der Waals surface area contributed by atoms with Crippen LogP contribution in [-0.4, -0.2) is 10.9 Å². The lowest BCUT2D eigenvalue weighted by Gasteiger charge is -2.40. The van der Waals surface area contributed by atoms with Crippen molar-refractivity contribution < 1.29 is 4.79 Å². The van der Waals surface area contributed by atoms with Gasteiger partial charge in [-0.25, -0.2) is 4.98 Å². The number of carbonyl (C=O) groups excluding carboxylic acids is 1. The van der Waals surface area contributed by atoms with E-state index in [0.29, 0.717) is 6.54 Å². The zero-order valence-electron chi connectivity index (χ0n) is 11.9. The van der Waals surface area contributed by atoms with Gasteiger partial charge in [0.15, 0.2) is 0 Å². The molecule has 1 aliphatic rings. The standard InChI is InChI=1S/C16H17BrN2OS/c1-11-10-21-14(19-11)9-18-15(20)16(7-2-8-16)12-3-5-13(17)6-4-12/h3-6,10H,2,7-9H2,1H3,(H,18,20). The second kappa shape index (κ2) is 5.89. The van der Waals surface area contributed by atoms with Crippen molar-refractivity contribution in [3.05, 3.63) is 50.4 Å². The van der Waals surface area contributed by atoms with Gasteiger partial charge in [-0.1, -0.05) is 34.5 Å². The van der Waals surface area contributed by atoms with Crippen molar-refractivity contribution in [2.75, 3.05) is 0 Å². The van der Waals surface area contributed by atoms with Crippen LogP contribution in [0.1, 0.15) is 35.5 Å². The number of amides is 1. The average molecular weight is 365 g/mol. The van der Waals surface area contributed by atoms with Crippen molar-refractivity contribution in [3.63, 3.8) is 0 Å². The van der Waals surface area contributed by atoms with Gasteiger partial charge in [0.25, 0.3) is 0 Å². The Morgan fingerprint density at radius 2 is 2.10 bits per heavy atom. The van der Waals surface area contributed by atoms with E-state index in [0.717, 1.165) is 40.0 Å². The molecule has 1 N–H and O–H groups in total. The third kappa shape index (κ3) is 2.90. The fraction of sp³-hybridized carbons (Fsp3) is 0.375. The highest BCUT2D eigenvalue weighted by Crippen LogP contribution is 2.44. The molecule has 3 rings (SSSR count). The number of aryl methyl sites for hydroxylation is 1. The molecule has 1 heterocycles. The molecular weight excluding hydrogens is 348 g/mol. The van der Waals surface area contributed by atoms with Crippen LogP contribution >= 0.6 is 27.3 Å². The van der Waals surface area contributed by atoms with Crippen LogP contribution in [0.25, 0.3) is 0 Å². The van der Waals surface area contributed by atoms with E-state index in [4.69, 9.17) is 0 Å². The Balaban J connectivity index is 1.73. The van der Waals surface area contributed by atoms with E-state index >= 15 is 0 Å². The number of carbonyl (C=O) groups is 1. The maximum Gasteiger partial charge on any atom is 0.231 e. The van der Waals surface area contributed by atoms with Gasteiger partial charge in [0.05, 0.1) is 12.0 Å². The first-order valence-electron chi connectivity index (χ1n) is 7.05. The minimum Gasteiger partial charge on any atom is -0.349 e. The van der Waals surface area contributed by atoms with E-state index in [-0.39, 0.29) is 11.3 Å². The quantitative estimate of drug-likeness (QED) is 0.892. The highest BCUT2D eigenvalue weighted by molar-refractivity contribution is 9.10. The van der Waals surface area contributed by atoms with Crippen LogP contribution in [0.15, 0.2) is 34.1 Å². The summed E-state index contributed by atoms with van der Waals surface area (Å²) in [6.07, 6.45) is 2.97. The van der Waals surface area contributed by atoms with Gasteiger partial charge in [-0.2, -0.15) is 0 Å². The highest BCUT2D eigenvalue weighted by Gasteiger charge is 2.45. The molecule has 1 amide bonds. The number of nitrogens with one attached hydrogen (secondary N) is 1. The van der Waals surface area contributed by atoms with Crippen LogP contribution in [0.3, 0.4) is 0 Å². The van der Waals surface area contributed by atoms with Crippen molar-refractivity contribution in [2.24, 2.45) is 0 Å². The average Bonchev–Trinajstić information content (AvgIpc) is 2.83. The molecule has 0 aliphatic heterocycles. The van der Waals surface area contributed by atoms with Crippen LogP contribution in [0.4, 0.5) is 0 Å². The van der Waals surface area contributed by atoms with Crippen LogP contribution in [0, 0.1) is 6.92 Å². The van der Waals surface area contributed by atoms with Crippen molar-refractivity contribution in [3.8, 4) is 0 Å². The molecule has 0 bridgehead atoms. The number of nitrogens with zero attached hydrogens (tertiary/aromatic N) is 1. The highest BCUT2D eigenvalue weighted by atomic mass is 79.9. The minimum absolute atomic E-state index is 0.129. The number of hydrogen-bond acceptors (Lipinski definition) is 3. The van der Waals surface area contributed by atoms with Gasteiger partial charge in [0.1, 0.15) is 5.01 Å². The van der Waals surface area contributed by atoms with Gasteiger partial charge >= 0.3 is 0 Å². The largest absolute Gasteiger partial charge is 0.349 e. The second-order valence-electron chi connectivity index (χ2n) is 5.51. The van der Waals surface area contributed by atoms with Gasteiger partial charge in [-0.3, -0.25) is 4.79 Å². The summed E-state index contributed by atoms with van der Waals surface area (Å²) >= 11 is 5.04. The molecule has 21 heavy (non-hydrogen) atoms. The lowest BCUT2D eigenvalue weighted by atomic mass is 9.64. The first-order valence-corrected chi connectivity index (χ1v) is 8.73. The molecule has 0 spiro atoms. The first-order chi connectivity index (χ1) is 10.1. The molecule has 110 valence electrons. The van der Waals surface area contributed by atoms with Gasteiger partial charge in [0.2, 0.25) is 5.91 Å². The Morgan fingerprint density at radius 3 is 2.62 bits per heavy atom. The number of aromatic nitrogens is 1. The Kier molecular flexibility index (Phi) is 4.13. The van der Waals surface area contributed by atoms with Gasteiger partial charge in [-0.15, -0.1) is 11.3 Å². The summed E-state index contributed by atoms with van der Waals surface area (Å²) in [5.74, 6) is 0.129. The molecule has 3 nitrogen and oxygen atoms in total. The SMILES string of the molecule is Cc1csc(CNC(=O)C2(c3ccc(Br)cc3)CCC2)n1. The summed E-state index contributed by atoms with van der Waals surface area (Å²) in [7, 11) is 0. The van der Waals surface area contributed by atoms with E-state index in [1.165, 1.54) is 0 Å². The third-order valence-electron chi connectivity index (χ3n) is 4.11. The topological polar surface area (TPSA) is 42.0 Å². The molecule has 1 aromatic heterocycles. The van der Waals surface area contributed by atoms with E-state index in [9.17, 15) is 4.79 Å². The molecule has 0 saturated heterocycles. The Hall–Kier alpha value is -1.20. The number of benzene rings is 1. The normalized spacial score (nSPS) is 16.3. The zero-order valence-corrected chi connectivity index (χ0v) is 14.3. The summed E-state index contributed by atoms with van der Waals surface area (Å²) in [5.41, 5.74) is 1.78. The van der Waals surface area contributed by atoms with Crippen molar-refractivity contribution in [1.29, 1.82) is 0 Å². The lowest BCUT2D eigenvalue weighted by molar-refractivity contribution is -0.130. The maximum atomic E-state index is 12.7. The molecule has 1 saturated carbocycles. The zero-order chi connectivity index (χ0) is 14.9. The number of thiazole rings is 1. The van der Waals surface area contributed by atoms with Crippen molar-refractivity contribution in [2.45, 2.75) is 38.1 Å². The third-order valence-corrected chi connectivity index (χ3v) is 5.60. The fourth-order valence-electron chi connectivity index (χ4n) is 2.76. The number of halogens is 1. The van der Waals surface area contributed by atoms with Gasteiger partial charge in [0, 0.05) is 15.5 Å². The molecule has 1 fully saturated rings. The second-order valence-corrected chi connectivity index (χ2v) is 7.37. The molecule has 5 heteroatoms.